The van der Waals surface area contributed by atoms with Gasteiger partial charge in [-0.1, -0.05) is 64.6 Å². The summed E-state index contributed by atoms with van der Waals surface area (Å²) in [6.45, 7) is 20.9. The van der Waals surface area contributed by atoms with Crippen molar-refractivity contribution in [1.29, 1.82) is 0 Å². The molecule has 1 aliphatic rings. The minimum Gasteiger partial charge on any atom is -0.289 e. The molecule has 0 saturated carbocycles. The van der Waals surface area contributed by atoms with Gasteiger partial charge in [-0.2, -0.15) is 0 Å². The second kappa shape index (κ2) is 4.42. The molecule has 0 amide bonds. The fourth-order valence-electron chi connectivity index (χ4n) is 2.50. The molecular formula is C14H28OSi3. The molecule has 0 heterocycles. The highest BCUT2D eigenvalue weighted by atomic mass is 28.3. The van der Waals surface area contributed by atoms with E-state index in [2.05, 4.69) is 64.6 Å². The lowest BCUT2D eigenvalue weighted by Crippen LogP contribution is -2.47. The molecular weight excluding hydrogens is 268 g/mol. The van der Waals surface area contributed by atoms with Gasteiger partial charge >= 0.3 is 0 Å². The molecule has 0 aromatic rings. The molecule has 0 bridgehead atoms. The molecule has 0 saturated heterocycles. The van der Waals surface area contributed by atoms with Gasteiger partial charge in [0.05, 0.1) is 24.2 Å². The molecule has 0 aromatic carbocycles. The van der Waals surface area contributed by atoms with Crippen molar-refractivity contribution in [2.75, 3.05) is 0 Å². The first-order valence-electron chi connectivity index (χ1n) is 6.78. The number of carbonyl (C=O) groups excluding carboxylic acids is 1. The van der Waals surface area contributed by atoms with Crippen LogP contribution in [0.4, 0.5) is 0 Å². The lowest BCUT2D eigenvalue weighted by molar-refractivity contribution is -0.112. The highest BCUT2D eigenvalue weighted by molar-refractivity contribution is 6.96. The minimum atomic E-state index is -1.49. The maximum Gasteiger partial charge on any atom is 0.184 e. The van der Waals surface area contributed by atoms with Crippen LogP contribution in [0.2, 0.25) is 58.9 Å². The Kier molecular flexibility index (Phi) is 3.89. The minimum absolute atomic E-state index is 0.383. The Morgan fingerprint density at radius 1 is 0.722 bits per heavy atom. The van der Waals surface area contributed by atoms with Crippen LogP contribution in [-0.4, -0.2) is 30.0 Å². The van der Waals surface area contributed by atoms with Crippen molar-refractivity contribution in [1.82, 2.24) is 0 Å². The van der Waals surface area contributed by atoms with Crippen molar-refractivity contribution in [3.8, 4) is 0 Å². The third kappa shape index (κ3) is 3.22. The summed E-state index contributed by atoms with van der Waals surface area (Å²) in [4.78, 5) is 12.5. The molecule has 1 aliphatic carbocycles. The Morgan fingerprint density at radius 3 is 1.39 bits per heavy atom. The average Bonchev–Trinajstić information content (AvgIpc) is 2.03. The first kappa shape index (κ1) is 15.9. The smallest absolute Gasteiger partial charge is 0.184 e. The molecule has 1 rings (SSSR count). The van der Waals surface area contributed by atoms with Gasteiger partial charge in [0.2, 0.25) is 0 Å². The number of rotatable bonds is 3. The first-order valence-corrected chi connectivity index (χ1v) is 17.4. The van der Waals surface area contributed by atoms with Crippen LogP contribution in [0.25, 0.3) is 0 Å². The third-order valence-electron chi connectivity index (χ3n) is 3.07. The average molecular weight is 297 g/mol. The van der Waals surface area contributed by atoms with Gasteiger partial charge in [-0.05, 0) is 10.4 Å². The lowest BCUT2D eigenvalue weighted by Gasteiger charge is -2.40. The highest BCUT2D eigenvalue weighted by Crippen LogP contribution is 2.42. The Labute approximate surface area is 115 Å². The first-order chi connectivity index (χ1) is 7.75. The van der Waals surface area contributed by atoms with Gasteiger partial charge in [0.15, 0.2) is 5.78 Å². The summed E-state index contributed by atoms with van der Waals surface area (Å²) in [5, 5.41) is 2.74. The zero-order valence-corrected chi connectivity index (χ0v) is 16.5. The van der Waals surface area contributed by atoms with Crippen LogP contribution in [0.15, 0.2) is 21.7 Å². The van der Waals surface area contributed by atoms with E-state index in [4.69, 9.17) is 0 Å². The summed E-state index contributed by atoms with van der Waals surface area (Å²) in [6.07, 6.45) is 0. The van der Waals surface area contributed by atoms with Gasteiger partial charge in [-0.25, -0.2) is 0 Å². The molecule has 4 heteroatoms. The van der Waals surface area contributed by atoms with E-state index in [1.165, 1.54) is 10.4 Å². The van der Waals surface area contributed by atoms with Crippen LogP contribution in [0, 0.1) is 0 Å². The van der Waals surface area contributed by atoms with Crippen molar-refractivity contribution < 1.29 is 4.79 Å². The second-order valence-electron chi connectivity index (χ2n) is 8.50. The van der Waals surface area contributed by atoms with Crippen molar-refractivity contribution in [2.24, 2.45) is 0 Å². The van der Waals surface area contributed by atoms with Crippen LogP contribution < -0.4 is 0 Å². The predicted octanol–water partition coefficient (Wildman–Crippen LogP) is 4.42. The molecule has 0 aromatic heterocycles. The van der Waals surface area contributed by atoms with Crippen LogP contribution in [0.3, 0.4) is 0 Å². The standard InChI is InChI=1S/C14H28OSi3/c1-16(2,3)10-11-12(15)14(18(7,8)9)13(11)17(4,5)6/h10H,1-9H3/b11-10+. The Balaban J connectivity index is 3.43. The topological polar surface area (TPSA) is 17.1 Å². The van der Waals surface area contributed by atoms with E-state index in [-0.39, 0.29) is 0 Å². The van der Waals surface area contributed by atoms with Crippen molar-refractivity contribution >= 4 is 30.0 Å². The summed E-state index contributed by atoms with van der Waals surface area (Å²) < 4.78 is 0. The summed E-state index contributed by atoms with van der Waals surface area (Å²) in [5.41, 5.74) is 3.43. The van der Waals surface area contributed by atoms with Gasteiger partial charge in [0.1, 0.15) is 0 Å². The molecule has 102 valence electrons. The SMILES string of the molecule is C[Si](C)(C)/C=C1\C(=O)C([Si](C)(C)C)=C1[Si](C)(C)C. The van der Waals surface area contributed by atoms with E-state index in [0.717, 1.165) is 5.57 Å². The quantitative estimate of drug-likeness (QED) is 0.556. The monoisotopic (exact) mass is 296 g/mol. The molecule has 18 heavy (non-hydrogen) atoms. The fraction of sp³-hybridized carbons (Fsp3) is 0.643. The summed E-state index contributed by atoms with van der Waals surface area (Å²) >= 11 is 0. The molecule has 0 fully saturated rings. The summed E-state index contributed by atoms with van der Waals surface area (Å²) in [5.74, 6) is 0.383. The van der Waals surface area contributed by atoms with Crippen LogP contribution in [0.5, 0.6) is 0 Å². The molecule has 0 unspecified atom stereocenters. The largest absolute Gasteiger partial charge is 0.289 e. The van der Waals surface area contributed by atoms with Crippen molar-refractivity contribution in [3.05, 3.63) is 21.7 Å². The van der Waals surface area contributed by atoms with E-state index < -0.39 is 24.2 Å². The van der Waals surface area contributed by atoms with Crippen LogP contribution in [0.1, 0.15) is 0 Å². The molecule has 0 radical (unpaired) electrons. The molecule has 0 aliphatic heterocycles. The number of Topliss-reactive ketones (excluding diaryl/α,β-unsaturated/α-hetero) is 1. The number of allylic oxidation sites excluding steroid dienone is 3. The van der Waals surface area contributed by atoms with Gasteiger partial charge in [0.25, 0.3) is 0 Å². The van der Waals surface area contributed by atoms with Crippen LogP contribution in [-0.2, 0) is 4.79 Å². The second-order valence-corrected chi connectivity index (χ2v) is 23.5. The summed E-state index contributed by atoms with van der Waals surface area (Å²) in [6, 6.07) is 0. The highest BCUT2D eigenvalue weighted by Gasteiger charge is 2.45. The Morgan fingerprint density at radius 2 is 1.11 bits per heavy atom. The van der Waals surface area contributed by atoms with E-state index in [9.17, 15) is 4.79 Å². The summed E-state index contributed by atoms with van der Waals surface area (Å²) in [7, 11) is -4.21. The van der Waals surface area contributed by atoms with Gasteiger partial charge < -0.3 is 0 Å². The maximum absolute atomic E-state index is 12.5. The number of ketones is 1. The van der Waals surface area contributed by atoms with E-state index in [0.29, 0.717) is 5.78 Å². The number of carbonyl (C=O) groups is 1. The number of hydrogen-bond donors (Lipinski definition) is 0. The maximum atomic E-state index is 12.5. The zero-order valence-electron chi connectivity index (χ0n) is 13.5. The van der Waals surface area contributed by atoms with Crippen molar-refractivity contribution in [2.45, 2.75) is 58.9 Å². The Hall–Kier alpha value is -0.199. The van der Waals surface area contributed by atoms with Gasteiger partial charge in [0, 0.05) is 5.57 Å². The molecule has 0 spiro atoms. The van der Waals surface area contributed by atoms with Crippen LogP contribution >= 0.6 is 0 Å². The van der Waals surface area contributed by atoms with E-state index >= 15 is 0 Å². The Bertz CT molecular complexity index is 437. The lowest BCUT2D eigenvalue weighted by atomic mass is 10.0. The molecule has 0 atom stereocenters. The molecule has 0 N–H and O–H groups in total. The third-order valence-corrected chi connectivity index (χ3v) is 8.47. The normalized spacial score (nSPS) is 20.5. The molecule has 1 nitrogen and oxygen atoms in total. The van der Waals surface area contributed by atoms with E-state index in [1.807, 2.05) is 0 Å². The van der Waals surface area contributed by atoms with Gasteiger partial charge in [-0.15, -0.1) is 0 Å². The van der Waals surface area contributed by atoms with Crippen molar-refractivity contribution in [3.63, 3.8) is 0 Å². The number of hydrogen-bond acceptors (Lipinski definition) is 1. The zero-order chi connectivity index (χ0) is 14.5. The van der Waals surface area contributed by atoms with E-state index in [1.54, 1.807) is 0 Å². The van der Waals surface area contributed by atoms with Gasteiger partial charge in [-0.3, -0.25) is 4.79 Å². The predicted molar refractivity (Wildman–Crippen MR) is 90.2 cm³/mol. The fourth-order valence-corrected chi connectivity index (χ4v) is 9.59.